The molecule has 3 aromatic rings. The first kappa shape index (κ1) is 22.3. The molecule has 168 valence electrons. The van der Waals surface area contributed by atoms with Crippen LogP contribution >= 0.6 is 0 Å². The van der Waals surface area contributed by atoms with Gasteiger partial charge in [0.15, 0.2) is 15.9 Å². The van der Waals surface area contributed by atoms with Gasteiger partial charge in [-0.25, -0.2) is 12.8 Å². The number of rotatable bonds is 7. The first-order valence-electron chi connectivity index (χ1n) is 10.8. The van der Waals surface area contributed by atoms with Gasteiger partial charge in [-0.3, -0.25) is 4.79 Å². The van der Waals surface area contributed by atoms with Crippen LogP contribution in [0.5, 0.6) is 5.75 Å². The minimum absolute atomic E-state index is 0.0452. The van der Waals surface area contributed by atoms with Crippen LogP contribution in [0.4, 0.5) is 4.39 Å². The van der Waals surface area contributed by atoms with Gasteiger partial charge in [0.25, 0.3) is 5.91 Å². The Labute approximate surface area is 187 Å². The van der Waals surface area contributed by atoms with Gasteiger partial charge in [0, 0.05) is 12.6 Å². The molecule has 1 fully saturated rings. The summed E-state index contributed by atoms with van der Waals surface area (Å²) in [5.74, 6) is -0.212. The number of ether oxygens (including phenoxy) is 1. The number of carbonyl (C=O) groups excluding carboxylic acids is 1. The molecule has 0 aliphatic carbocycles. The van der Waals surface area contributed by atoms with Crippen molar-refractivity contribution >= 4 is 26.5 Å². The Balaban J connectivity index is 1.65. The van der Waals surface area contributed by atoms with Crippen molar-refractivity contribution in [3.05, 3.63) is 78.1 Å². The third kappa shape index (κ3) is 4.93. The van der Waals surface area contributed by atoms with Crippen molar-refractivity contribution in [1.29, 1.82) is 0 Å². The van der Waals surface area contributed by atoms with Crippen LogP contribution in [0.2, 0.25) is 0 Å². The molecule has 1 amide bonds. The molecule has 32 heavy (non-hydrogen) atoms. The van der Waals surface area contributed by atoms with Crippen LogP contribution in [0.15, 0.2) is 66.7 Å². The van der Waals surface area contributed by atoms with E-state index in [1.165, 1.54) is 24.3 Å². The normalized spacial score (nSPS) is 18.4. The van der Waals surface area contributed by atoms with E-state index in [2.05, 4.69) is 0 Å². The molecule has 0 radical (unpaired) electrons. The zero-order chi connectivity index (χ0) is 22.7. The molecule has 1 aliphatic heterocycles. The van der Waals surface area contributed by atoms with Crippen LogP contribution in [-0.4, -0.2) is 42.9 Å². The maximum Gasteiger partial charge on any atom is 0.264 e. The van der Waals surface area contributed by atoms with Gasteiger partial charge in [-0.05, 0) is 53.4 Å². The maximum absolute atomic E-state index is 13.6. The van der Waals surface area contributed by atoms with E-state index in [0.717, 1.165) is 16.3 Å². The predicted octanol–water partition coefficient (Wildman–Crippen LogP) is 4.35. The molecule has 0 spiro atoms. The quantitative estimate of drug-likeness (QED) is 0.531. The number of fused-ring (bicyclic) bond motifs is 1. The second-order valence-corrected chi connectivity index (χ2v) is 10.4. The van der Waals surface area contributed by atoms with Gasteiger partial charge >= 0.3 is 0 Å². The SMILES string of the molecule is CC[C@@H](Oc1ccc(F)cc1)C(=O)N(Cc1cccc2ccccc12)[C@H]1CCS(=O)(=O)C1. The van der Waals surface area contributed by atoms with E-state index in [0.29, 0.717) is 25.1 Å². The number of hydrogen-bond acceptors (Lipinski definition) is 4. The molecule has 2 atom stereocenters. The molecule has 5 nitrogen and oxygen atoms in total. The van der Waals surface area contributed by atoms with Gasteiger partial charge in [0.05, 0.1) is 11.5 Å². The fourth-order valence-corrected chi connectivity index (χ4v) is 5.92. The number of benzene rings is 3. The van der Waals surface area contributed by atoms with Crippen LogP contribution in [0.25, 0.3) is 10.8 Å². The summed E-state index contributed by atoms with van der Waals surface area (Å²) >= 11 is 0. The maximum atomic E-state index is 13.6. The molecule has 3 aromatic carbocycles. The summed E-state index contributed by atoms with van der Waals surface area (Å²) in [5.41, 5.74) is 0.956. The molecule has 0 aromatic heterocycles. The van der Waals surface area contributed by atoms with Gasteiger partial charge in [-0.1, -0.05) is 49.4 Å². The van der Waals surface area contributed by atoms with Crippen molar-refractivity contribution in [1.82, 2.24) is 4.90 Å². The summed E-state index contributed by atoms with van der Waals surface area (Å²) in [5, 5.41) is 2.09. The Bertz CT molecular complexity index is 1200. The Morgan fingerprint density at radius 3 is 2.50 bits per heavy atom. The highest BCUT2D eigenvalue weighted by atomic mass is 32.2. The minimum atomic E-state index is -3.18. The summed E-state index contributed by atoms with van der Waals surface area (Å²) in [6.45, 7) is 2.14. The highest BCUT2D eigenvalue weighted by Crippen LogP contribution is 2.26. The van der Waals surface area contributed by atoms with Crippen LogP contribution < -0.4 is 4.74 Å². The lowest BCUT2D eigenvalue weighted by Crippen LogP contribution is -2.47. The summed E-state index contributed by atoms with van der Waals surface area (Å²) in [7, 11) is -3.18. The second kappa shape index (κ2) is 9.28. The first-order chi connectivity index (χ1) is 15.4. The first-order valence-corrected chi connectivity index (χ1v) is 12.6. The molecular formula is C25H26FNO4S. The Kier molecular flexibility index (Phi) is 6.46. The molecule has 0 N–H and O–H groups in total. The monoisotopic (exact) mass is 455 g/mol. The molecule has 0 saturated carbocycles. The number of hydrogen-bond donors (Lipinski definition) is 0. The van der Waals surface area contributed by atoms with Gasteiger partial charge in [0.1, 0.15) is 11.6 Å². The van der Waals surface area contributed by atoms with Gasteiger partial charge in [-0.2, -0.15) is 0 Å². The molecule has 1 aliphatic rings. The van der Waals surface area contributed by atoms with Crippen LogP contribution in [0.3, 0.4) is 0 Å². The van der Waals surface area contributed by atoms with Crippen molar-refractivity contribution in [3.8, 4) is 5.75 Å². The van der Waals surface area contributed by atoms with Gasteiger partial charge in [0.2, 0.25) is 0 Å². The zero-order valence-corrected chi connectivity index (χ0v) is 18.7. The molecule has 1 saturated heterocycles. The highest BCUT2D eigenvalue weighted by molar-refractivity contribution is 7.91. The standard InChI is InChI=1S/C25H26FNO4S/c1-2-24(31-22-12-10-20(26)11-13-22)25(28)27(21-14-15-32(29,30)17-21)16-19-8-5-7-18-6-3-4-9-23(18)19/h3-13,21,24H,2,14-17H2,1H3/t21-,24+/m0/s1. The van der Waals surface area contributed by atoms with Crippen molar-refractivity contribution in [3.63, 3.8) is 0 Å². The number of nitrogens with zero attached hydrogens (tertiary/aromatic N) is 1. The molecular weight excluding hydrogens is 429 g/mol. The summed E-state index contributed by atoms with van der Waals surface area (Å²) in [4.78, 5) is 15.3. The molecule has 1 heterocycles. The van der Waals surface area contributed by atoms with Gasteiger partial charge < -0.3 is 9.64 Å². The third-order valence-corrected chi connectivity index (χ3v) is 7.64. The Morgan fingerprint density at radius 2 is 1.81 bits per heavy atom. The van der Waals surface area contributed by atoms with E-state index in [4.69, 9.17) is 4.74 Å². The number of halogens is 1. The highest BCUT2D eigenvalue weighted by Gasteiger charge is 2.37. The molecule has 4 rings (SSSR count). The topological polar surface area (TPSA) is 63.7 Å². The van der Waals surface area contributed by atoms with Crippen LogP contribution in [0.1, 0.15) is 25.3 Å². The van der Waals surface area contributed by atoms with E-state index < -0.39 is 22.0 Å². The number of amides is 1. The molecule has 0 unspecified atom stereocenters. The van der Waals surface area contributed by atoms with Crippen molar-refractivity contribution in [2.45, 2.75) is 38.5 Å². The lowest BCUT2D eigenvalue weighted by atomic mass is 10.0. The van der Waals surface area contributed by atoms with E-state index >= 15 is 0 Å². The predicted molar refractivity (Wildman–Crippen MR) is 123 cm³/mol. The average molecular weight is 456 g/mol. The van der Waals surface area contributed by atoms with E-state index in [1.54, 1.807) is 4.90 Å². The van der Waals surface area contributed by atoms with E-state index in [1.807, 2.05) is 49.4 Å². The largest absolute Gasteiger partial charge is 0.481 e. The van der Waals surface area contributed by atoms with Gasteiger partial charge in [-0.15, -0.1) is 0 Å². The summed E-state index contributed by atoms with van der Waals surface area (Å²) in [6.07, 6.45) is 0.0202. The second-order valence-electron chi connectivity index (χ2n) is 8.13. The third-order valence-electron chi connectivity index (χ3n) is 5.89. The lowest BCUT2D eigenvalue weighted by Gasteiger charge is -2.32. The fraction of sp³-hybridized carbons (Fsp3) is 0.320. The molecule has 0 bridgehead atoms. The Morgan fingerprint density at radius 1 is 1.09 bits per heavy atom. The summed E-state index contributed by atoms with van der Waals surface area (Å²) in [6, 6.07) is 19.0. The van der Waals surface area contributed by atoms with Crippen molar-refractivity contribution in [2.24, 2.45) is 0 Å². The molecule has 7 heteroatoms. The van der Waals surface area contributed by atoms with E-state index in [-0.39, 0.29) is 23.2 Å². The average Bonchev–Trinajstić information content (AvgIpc) is 3.16. The van der Waals surface area contributed by atoms with Crippen LogP contribution in [0, 0.1) is 5.82 Å². The summed E-state index contributed by atoms with van der Waals surface area (Å²) < 4.78 is 43.5. The lowest BCUT2D eigenvalue weighted by molar-refractivity contribution is -0.141. The fourth-order valence-electron chi connectivity index (χ4n) is 4.19. The number of carbonyl (C=O) groups is 1. The zero-order valence-electron chi connectivity index (χ0n) is 17.9. The number of sulfone groups is 1. The van der Waals surface area contributed by atoms with Crippen LogP contribution in [-0.2, 0) is 21.2 Å². The van der Waals surface area contributed by atoms with Crippen molar-refractivity contribution < 1.29 is 22.3 Å². The minimum Gasteiger partial charge on any atom is -0.481 e. The van der Waals surface area contributed by atoms with Crippen molar-refractivity contribution in [2.75, 3.05) is 11.5 Å². The van der Waals surface area contributed by atoms with E-state index in [9.17, 15) is 17.6 Å². The smallest absolute Gasteiger partial charge is 0.264 e. The Hall–Kier alpha value is -2.93.